The molecule has 0 radical (unpaired) electrons. The fraction of sp³-hybridized carbons (Fsp3) is 0. The van der Waals surface area contributed by atoms with Crippen molar-refractivity contribution in [3.05, 3.63) is 88.4 Å². The molecule has 4 heterocycles. The third-order valence-electron chi connectivity index (χ3n) is 5.40. The Bertz CT molecular complexity index is 1720. The van der Waals surface area contributed by atoms with Gasteiger partial charge < -0.3 is 5.73 Å². The molecule has 0 atom stereocenters. The zero-order valence-electron chi connectivity index (χ0n) is 17.9. The van der Waals surface area contributed by atoms with Crippen LogP contribution in [0.5, 0.6) is 0 Å². The molecule has 6 rings (SSSR count). The second-order valence-corrected chi connectivity index (χ2v) is 8.04. The van der Waals surface area contributed by atoms with Gasteiger partial charge in [0.25, 0.3) is 5.56 Å². The van der Waals surface area contributed by atoms with Crippen LogP contribution in [0.1, 0.15) is 0 Å². The van der Waals surface area contributed by atoms with Gasteiger partial charge >= 0.3 is 0 Å². The minimum atomic E-state index is -0.300. The van der Waals surface area contributed by atoms with Gasteiger partial charge in [-0.15, -0.1) is 10.2 Å². The first-order chi connectivity index (χ1) is 17.1. The summed E-state index contributed by atoms with van der Waals surface area (Å²) in [6, 6.07) is 17.7. The molecule has 0 aliphatic carbocycles. The van der Waals surface area contributed by atoms with Crippen LogP contribution in [0.3, 0.4) is 0 Å². The summed E-state index contributed by atoms with van der Waals surface area (Å²) < 4.78 is 3.08. The fourth-order valence-electron chi connectivity index (χ4n) is 3.76. The lowest BCUT2D eigenvalue weighted by Crippen LogP contribution is -2.22. The number of rotatable bonds is 4. The number of nitrogen functional groups attached to an aromatic ring is 1. The highest BCUT2D eigenvalue weighted by Gasteiger charge is 2.19. The molecule has 3 N–H and O–H groups in total. The van der Waals surface area contributed by atoms with E-state index in [0.717, 1.165) is 5.56 Å². The minimum absolute atomic E-state index is 0.300. The Kier molecular flexibility index (Phi) is 4.82. The Morgan fingerprint density at radius 2 is 1.83 bits per heavy atom. The molecule has 0 bridgehead atoms. The van der Waals surface area contributed by atoms with Crippen molar-refractivity contribution >= 4 is 28.3 Å². The molecule has 4 aromatic heterocycles. The second kappa shape index (κ2) is 8.15. The van der Waals surface area contributed by atoms with Crippen LogP contribution in [-0.4, -0.2) is 44.9 Å². The highest BCUT2D eigenvalue weighted by Crippen LogP contribution is 2.25. The molecule has 11 nitrogen and oxygen atoms in total. The number of nitrogens with zero attached hydrogens (tertiary/aromatic N) is 8. The van der Waals surface area contributed by atoms with Crippen molar-refractivity contribution in [3.8, 4) is 34.3 Å². The van der Waals surface area contributed by atoms with Gasteiger partial charge in [0.2, 0.25) is 5.82 Å². The van der Waals surface area contributed by atoms with Crippen molar-refractivity contribution in [3.63, 3.8) is 0 Å². The molecular formula is C23H15ClN10O. The van der Waals surface area contributed by atoms with Crippen LogP contribution in [0.15, 0.2) is 77.9 Å². The number of hydrogen-bond acceptors (Lipinski definition) is 8. The molecule has 0 fully saturated rings. The molecular weight excluding hydrogens is 468 g/mol. The predicted molar refractivity (Wildman–Crippen MR) is 130 cm³/mol. The van der Waals surface area contributed by atoms with Gasteiger partial charge in [-0.3, -0.25) is 14.3 Å². The van der Waals surface area contributed by atoms with Crippen molar-refractivity contribution in [2.24, 2.45) is 0 Å². The number of fused-ring (bicyclic) bond motifs is 1. The quantitative estimate of drug-likeness (QED) is 0.389. The molecule has 0 amide bonds. The molecule has 0 saturated heterocycles. The van der Waals surface area contributed by atoms with E-state index in [-0.39, 0.29) is 5.56 Å². The van der Waals surface area contributed by atoms with Gasteiger partial charge in [0, 0.05) is 10.6 Å². The highest BCUT2D eigenvalue weighted by atomic mass is 35.5. The Balaban J connectivity index is 1.61. The summed E-state index contributed by atoms with van der Waals surface area (Å²) in [5, 5.41) is 19.4. The van der Waals surface area contributed by atoms with Gasteiger partial charge in [0.15, 0.2) is 11.5 Å². The number of nitrogens with one attached hydrogen (secondary N) is 1. The molecule has 0 aliphatic rings. The van der Waals surface area contributed by atoms with E-state index in [4.69, 9.17) is 22.3 Å². The van der Waals surface area contributed by atoms with E-state index < -0.39 is 0 Å². The molecule has 12 heteroatoms. The van der Waals surface area contributed by atoms with Crippen LogP contribution < -0.4 is 11.3 Å². The van der Waals surface area contributed by atoms with E-state index in [1.165, 1.54) is 17.0 Å². The van der Waals surface area contributed by atoms with Gasteiger partial charge in [0.1, 0.15) is 11.1 Å². The summed E-state index contributed by atoms with van der Waals surface area (Å²) in [6.07, 6.45) is 3.02. The lowest BCUT2D eigenvalue weighted by atomic mass is 10.2. The van der Waals surface area contributed by atoms with Crippen LogP contribution >= 0.6 is 11.6 Å². The summed E-state index contributed by atoms with van der Waals surface area (Å²) in [7, 11) is 0. The number of benzene rings is 2. The van der Waals surface area contributed by atoms with Gasteiger partial charge in [-0.05, 0) is 53.7 Å². The van der Waals surface area contributed by atoms with E-state index in [2.05, 4.69) is 30.7 Å². The van der Waals surface area contributed by atoms with Crippen molar-refractivity contribution in [2.75, 3.05) is 5.73 Å². The van der Waals surface area contributed by atoms with E-state index in [0.29, 0.717) is 50.5 Å². The number of hydrogen-bond donors (Lipinski definition) is 2. The van der Waals surface area contributed by atoms with E-state index in [1.807, 2.05) is 24.3 Å². The molecule has 6 aromatic rings. The SMILES string of the molecule is Nc1ccc(-c2nc3c(cnn3-c3cccc(-c4nn[nH]n4)c3)c(=O)n2-c2ccc(Cl)cc2)nc1. The average Bonchev–Trinajstić information content (AvgIpc) is 3.56. The first kappa shape index (κ1) is 20.7. The number of aromatic nitrogens is 9. The van der Waals surface area contributed by atoms with E-state index in [1.54, 1.807) is 41.1 Å². The Hall–Kier alpha value is -4.90. The van der Waals surface area contributed by atoms with Gasteiger partial charge in [0.05, 0.1) is 29.5 Å². The van der Waals surface area contributed by atoms with Crippen molar-refractivity contribution in [1.82, 2.24) is 44.9 Å². The van der Waals surface area contributed by atoms with Crippen LogP contribution in [-0.2, 0) is 0 Å². The topological polar surface area (TPSA) is 146 Å². The van der Waals surface area contributed by atoms with Crippen LogP contribution in [0.2, 0.25) is 5.02 Å². The lowest BCUT2D eigenvalue weighted by Gasteiger charge is -2.13. The number of halogens is 1. The van der Waals surface area contributed by atoms with Crippen molar-refractivity contribution < 1.29 is 0 Å². The van der Waals surface area contributed by atoms with E-state index in [9.17, 15) is 4.79 Å². The molecule has 0 saturated carbocycles. The van der Waals surface area contributed by atoms with E-state index >= 15 is 0 Å². The van der Waals surface area contributed by atoms with Crippen molar-refractivity contribution in [2.45, 2.75) is 0 Å². The first-order valence-corrected chi connectivity index (χ1v) is 10.8. The summed E-state index contributed by atoms with van der Waals surface area (Å²) in [5.74, 6) is 0.772. The molecule has 0 aliphatic heterocycles. The van der Waals surface area contributed by atoms with Gasteiger partial charge in [-0.2, -0.15) is 10.3 Å². The number of pyridine rings is 1. The molecule has 170 valence electrons. The molecule has 0 spiro atoms. The highest BCUT2D eigenvalue weighted by molar-refractivity contribution is 6.30. The zero-order chi connectivity index (χ0) is 23.9. The normalized spacial score (nSPS) is 11.2. The standard InChI is InChI=1S/C23H15ClN10O/c24-14-4-7-16(8-5-14)33-22(19-9-6-15(25)11-26-19)28-21-18(23(33)35)12-27-34(21)17-3-1-2-13(10-17)20-29-31-32-30-20/h1-12H,25H2,(H,29,30,31,32). The maximum absolute atomic E-state index is 13.7. The molecule has 0 unspecified atom stereocenters. The van der Waals surface area contributed by atoms with Crippen molar-refractivity contribution in [1.29, 1.82) is 0 Å². The smallest absolute Gasteiger partial charge is 0.269 e. The Morgan fingerprint density at radius 1 is 0.971 bits per heavy atom. The Labute approximate surface area is 201 Å². The molecule has 2 aromatic carbocycles. The fourth-order valence-corrected chi connectivity index (χ4v) is 3.88. The van der Waals surface area contributed by atoms with Crippen LogP contribution in [0.25, 0.3) is 45.3 Å². The summed E-state index contributed by atoms with van der Waals surface area (Å²) in [4.78, 5) is 23.0. The second-order valence-electron chi connectivity index (χ2n) is 7.61. The van der Waals surface area contributed by atoms with Crippen LogP contribution in [0.4, 0.5) is 5.69 Å². The van der Waals surface area contributed by atoms with Gasteiger partial charge in [-0.25, -0.2) is 9.67 Å². The predicted octanol–water partition coefficient (Wildman–Crippen LogP) is 3.05. The number of aromatic amines is 1. The van der Waals surface area contributed by atoms with Gasteiger partial charge in [-0.1, -0.05) is 23.7 Å². The summed E-state index contributed by atoms with van der Waals surface area (Å²) >= 11 is 6.07. The van der Waals surface area contributed by atoms with Crippen LogP contribution in [0, 0.1) is 0 Å². The summed E-state index contributed by atoms with van der Waals surface area (Å²) in [5.41, 5.74) is 8.88. The lowest BCUT2D eigenvalue weighted by molar-refractivity contribution is 0.881. The Morgan fingerprint density at radius 3 is 2.57 bits per heavy atom. The minimum Gasteiger partial charge on any atom is -0.397 e. The number of anilines is 1. The first-order valence-electron chi connectivity index (χ1n) is 10.4. The average molecular weight is 483 g/mol. The molecule has 35 heavy (non-hydrogen) atoms. The maximum Gasteiger partial charge on any atom is 0.269 e. The zero-order valence-corrected chi connectivity index (χ0v) is 18.6. The number of tetrazole rings is 1. The maximum atomic E-state index is 13.7. The monoisotopic (exact) mass is 482 g/mol. The number of H-pyrrole nitrogens is 1. The number of nitrogens with two attached hydrogens (primary N) is 1. The largest absolute Gasteiger partial charge is 0.397 e. The summed E-state index contributed by atoms with van der Waals surface area (Å²) in [6.45, 7) is 0. The third kappa shape index (κ3) is 3.60. The third-order valence-corrected chi connectivity index (χ3v) is 5.65.